The van der Waals surface area contributed by atoms with Gasteiger partial charge in [0, 0.05) is 32.1 Å². The first-order valence-corrected chi connectivity index (χ1v) is 9.69. The standard InChI is InChI=1S/C20H29F3N4O.HI/c1-19(2)10-16(15-6-4-5-7-17(15)28-19)26-18(24-3)25-11-14-8-9-27(12-14)13-20(21,22)23;/h4-7,14,16H,8-13H2,1-3H3,(H2,24,25,26);1H. The van der Waals surface area contributed by atoms with Crippen molar-refractivity contribution in [2.24, 2.45) is 10.9 Å². The zero-order valence-electron chi connectivity index (χ0n) is 17.1. The topological polar surface area (TPSA) is 48.9 Å². The number of benzene rings is 1. The van der Waals surface area contributed by atoms with Gasteiger partial charge in [-0.05, 0) is 38.8 Å². The number of alkyl halides is 3. The molecule has 1 saturated heterocycles. The second-order valence-electron chi connectivity index (χ2n) is 8.26. The van der Waals surface area contributed by atoms with E-state index in [-0.39, 0.29) is 41.5 Å². The van der Waals surface area contributed by atoms with E-state index < -0.39 is 12.7 Å². The summed E-state index contributed by atoms with van der Waals surface area (Å²) >= 11 is 0. The minimum atomic E-state index is -4.14. The second kappa shape index (κ2) is 9.72. The fraction of sp³-hybridized carbons (Fsp3) is 0.650. The molecule has 164 valence electrons. The first kappa shape index (κ1) is 24.0. The number of guanidine groups is 1. The number of halogens is 4. The number of ether oxygens (including phenoxy) is 1. The van der Waals surface area contributed by atoms with Crippen LogP contribution in [0.2, 0.25) is 0 Å². The van der Waals surface area contributed by atoms with Crippen molar-refractivity contribution in [1.82, 2.24) is 15.5 Å². The second-order valence-corrected chi connectivity index (χ2v) is 8.26. The summed E-state index contributed by atoms with van der Waals surface area (Å²) in [5.41, 5.74) is 0.788. The van der Waals surface area contributed by atoms with Gasteiger partial charge in [-0.15, -0.1) is 24.0 Å². The van der Waals surface area contributed by atoms with E-state index in [9.17, 15) is 13.2 Å². The molecule has 9 heteroatoms. The minimum absolute atomic E-state index is 0. The molecule has 0 radical (unpaired) electrons. The molecular formula is C20H30F3IN4O. The highest BCUT2D eigenvalue weighted by atomic mass is 127. The van der Waals surface area contributed by atoms with Crippen LogP contribution in [-0.2, 0) is 0 Å². The van der Waals surface area contributed by atoms with E-state index in [2.05, 4.69) is 29.5 Å². The van der Waals surface area contributed by atoms with E-state index in [1.807, 2.05) is 24.3 Å². The van der Waals surface area contributed by atoms with Gasteiger partial charge in [-0.3, -0.25) is 9.89 Å². The molecule has 2 atom stereocenters. The Bertz CT molecular complexity index is 711. The Morgan fingerprint density at radius 3 is 2.72 bits per heavy atom. The van der Waals surface area contributed by atoms with Gasteiger partial charge in [0.2, 0.25) is 0 Å². The Hall–Kier alpha value is -1.23. The summed E-state index contributed by atoms with van der Waals surface area (Å²) in [5.74, 6) is 1.70. The van der Waals surface area contributed by atoms with Crippen LogP contribution in [0.1, 0.15) is 38.3 Å². The molecule has 2 heterocycles. The third kappa shape index (κ3) is 6.91. The van der Waals surface area contributed by atoms with Crippen molar-refractivity contribution < 1.29 is 17.9 Å². The van der Waals surface area contributed by atoms with E-state index in [0.29, 0.717) is 25.6 Å². The van der Waals surface area contributed by atoms with E-state index in [4.69, 9.17) is 4.74 Å². The molecule has 0 spiro atoms. The zero-order chi connectivity index (χ0) is 20.4. The molecule has 0 aliphatic carbocycles. The smallest absolute Gasteiger partial charge is 0.401 e. The van der Waals surface area contributed by atoms with Gasteiger partial charge < -0.3 is 15.4 Å². The predicted molar refractivity (Wildman–Crippen MR) is 119 cm³/mol. The lowest BCUT2D eigenvalue weighted by molar-refractivity contribution is -0.143. The van der Waals surface area contributed by atoms with Crippen molar-refractivity contribution >= 4 is 29.9 Å². The maximum absolute atomic E-state index is 12.6. The van der Waals surface area contributed by atoms with Crippen LogP contribution in [0.3, 0.4) is 0 Å². The lowest BCUT2D eigenvalue weighted by Gasteiger charge is -2.38. The summed E-state index contributed by atoms with van der Waals surface area (Å²) in [6.45, 7) is 4.83. The highest BCUT2D eigenvalue weighted by Crippen LogP contribution is 2.39. The quantitative estimate of drug-likeness (QED) is 0.355. The summed E-state index contributed by atoms with van der Waals surface area (Å²) in [4.78, 5) is 5.77. The van der Waals surface area contributed by atoms with Gasteiger partial charge in [0.1, 0.15) is 11.4 Å². The number of fused-ring (bicyclic) bond motifs is 1. The molecule has 2 N–H and O–H groups in total. The van der Waals surface area contributed by atoms with Crippen molar-refractivity contribution in [3.05, 3.63) is 29.8 Å². The Balaban J connectivity index is 0.00000300. The number of nitrogens with one attached hydrogen (secondary N) is 2. The highest BCUT2D eigenvalue weighted by molar-refractivity contribution is 14.0. The Labute approximate surface area is 187 Å². The lowest BCUT2D eigenvalue weighted by Crippen LogP contribution is -2.46. The molecule has 0 bridgehead atoms. The maximum atomic E-state index is 12.6. The molecule has 29 heavy (non-hydrogen) atoms. The Morgan fingerprint density at radius 1 is 1.31 bits per heavy atom. The van der Waals surface area contributed by atoms with Crippen LogP contribution in [-0.4, -0.2) is 55.9 Å². The van der Waals surface area contributed by atoms with E-state index >= 15 is 0 Å². The third-order valence-corrected chi connectivity index (χ3v) is 5.24. The molecule has 5 nitrogen and oxygen atoms in total. The first-order chi connectivity index (χ1) is 13.1. The van der Waals surface area contributed by atoms with Gasteiger partial charge in [-0.25, -0.2) is 0 Å². The molecule has 3 rings (SSSR count). The number of nitrogens with zero attached hydrogens (tertiary/aromatic N) is 2. The normalized spacial score (nSPS) is 24.3. The van der Waals surface area contributed by atoms with Gasteiger partial charge in [-0.1, -0.05) is 18.2 Å². The first-order valence-electron chi connectivity index (χ1n) is 9.69. The molecule has 0 saturated carbocycles. The molecule has 2 unspecified atom stereocenters. The van der Waals surface area contributed by atoms with Crippen molar-refractivity contribution in [2.75, 3.05) is 33.2 Å². The monoisotopic (exact) mass is 526 g/mol. The van der Waals surface area contributed by atoms with Crippen LogP contribution >= 0.6 is 24.0 Å². The number of hydrogen-bond acceptors (Lipinski definition) is 3. The van der Waals surface area contributed by atoms with Crippen molar-refractivity contribution in [2.45, 2.75) is 44.5 Å². The van der Waals surface area contributed by atoms with Gasteiger partial charge in [0.15, 0.2) is 5.96 Å². The summed E-state index contributed by atoms with van der Waals surface area (Å²) in [6.07, 6.45) is -2.59. The molecule has 2 aliphatic rings. The Kier molecular flexibility index (Phi) is 8.06. The van der Waals surface area contributed by atoms with E-state index in [1.165, 1.54) is 4.90 Å². The number of hydrogen-bond donors (Lipinski definition) is 2. The third-order valence-electron chi connectivity index (χ3n) is 5.24. The van der Waals surface area contributed by atoms with Crippen LogP contribution in [0, 0.1) is 5.92 Å². The van der Waals surface area contributed by atoms with Gasteiger partial charge in [0.25, 0.3) is 0 Å². The average Bonchev–Trinajstić information content (AvgIpc) is 3.02. The van der Waals surface area contributed by atoms with Crippen LogP contribution in [0.15, 0.2) is 29.3 Å². The van der Waals surface area contributed by atoms with Crippen LogP contribution in [0.25, 0.3) is 0 Å². The molecule has 1 aromatic rings. The summed E-state index contributed by atoms with van der Waals surface area (Å²) in [7, 11) is 1.70. The molecule has 1 fully saturated rings. The maximum Gasteiger partial charge on any atom is 0.401 e. The summed E-state index contributed by atoms with van der Waals surface area (Å²) < 4.78 is 43.7. The molecule has 0 aromatic heterocycles. The van der Waals surface area contributed by atoms with Crippen LogP contribution in [0.5, 0.6) is 5.75 Å². The molecule has 1 aromatic carbocycles. The number of aliphatic imine (C=N–C) groups is 1. The zero-order valence-corrected chi connectivity index (χ0v) is 19.4. The molecular weight excluding hydrogens is 496 g/mol. The average molecular weight is 526 g/mol. The SMILES string of the molecule is CN=C(NCC1CCN(CC(F)(F)F)C1)NC1CC(C)(C)Oc2ccccc21.I. The van der Waals surface area contributed by atoms with Gasteiger partial charge in [0.05, 0.1) is 12.6 Å². The van der Waals surface area contributed by atoms with E-state index in [1.54, 1.807) is 7.05 Å². The summed E-state index contributed by atoms with van der Waals surface area (Å²) in [6, 6.07) is 8.00. The Morgan fingerprint density at radius 2 is 2.03 bits per heavy atom. The minimum Gasteiger partial charge on any atom is -0.487 e. The molecule has 0 amide bonds. The van der Waals surface area contributed by atoms with Crippen LogP contribution in [0.4, 0.5) is 13.2 Å². The lowest BCUT2D eigenvalue weighted by atomic mass is 9.90. The van der Waals surface area contributed by atoms with Crippen molar-refractivity contribution in [3.8, 4) is 5.75 Å². The van der Waals surface area contributed by atoms with Crippen molar-refractivity contribution in [3.63, 3.8) is 0 Å². The predicted octanol–water partition coefficient (Wildman–Crippen LogP) is 3.96. The van der Waals surface area contributed by atoms with Gasteiger partial charge in [-0.2, -0.15) is 13.2 Å². The molecule has 2 aliphatic heterocycles. The largest absolute Gasteiger partial charge is 0.487 e. The van der Waals surface area contributed by atoms with E-state index in [0.717, 1.165) is 24.2 Å². The van der Waals surface area contributed by atoms with Crippen molar-refractivity contribution in [1.29, 1.82) is 0 Å². The number of likely N-dealkylation sites (tertiary alicyclic amines) is 1. The fourth-order valence-corrected chi connectivity index (χ4v) is 4.01. The highest BCUT2D eigenvalue weighted by Gasteiger charge is 2.35. The number of para-hydroxylation sites is 1. The van der Waals surface area contributed by atoms with Crippen LogP contribution < -0.4 is 15.4 Å². The fourth-order valence-electron chi connectivity index (χ4n) is 4.01. The van der Waals surface area contributed by atoms with Gasteiger partial charge >= 0.3 is 6.18 Å². The number of rotatable bonds is 4. The summed E-state index contributed by atoms with van der Waals surface area (Å²) in [5, 5.41) is 6.75.